The summed E-state index contributed by atoms with van der Waals surface area (Å²) in [6.07, 6.45) is -2.36. The van der Waals surface area contributed by atoms with Crippen molar-refractivity contribution in [3.05, 3.63) is 29.8 Å². The van der Waals surface area contributed by atoms with E-state index in [1.54, 1.807) is 0 Å². The van der Waals surface area contributed by atoms with Crippen molar-refractivity contribution >= 4 is 29.4 Å². The van der Waals surface area contributed by atoms with E-state index in [0.717, 1.165) is 12.1 Å². The molecule has 0 aliphatic carbocycles. The maximum Gasteiger partial charge on any atom is 0.416 e. The van der Waals surface area contributed by atoms with Gasteiger partial charge in [0.1, 0.15) is 6.04 Å². The van der Waals surface area contributed by atoms with Crippen LogP contribution in [0.4, 0.5) is 23.7 Å². The molecule has 1 rings (SSSR count). The Morgan fingerprint density at radius 3 is 2.59 bits per heavy atom. The smallest absolute Gasteiger partial charge is 0.352 e. The highest BCUT2D eigenvalue weighted by atomic mass is 32.2. The highest BCUT2D eigenvalue weighted by Crippen LogP contribution is 2.30. The summed E-state index contributed by atoms with van der Waals surface area (Å²) in [6.45, 7) is 0. The summed E-state index contributed by atoms with van der Waals surface area (Å²) in [5.41, 5.74) is 4.13. The number of halogens is 3. The minimum absolute atomic E-state index is 0.000229. The van der Waals surface area contributed by atoms with Gasteiger partial charge in [0.05, 0.1) is 5.56 Å². The minimum atomic E-state index is -4.50. The predicted octanol–water partition coefficient (Wildman–Crippen LogP) is 2.43. The third-order valence-electron chi connectivity index (χ3n) is 2.70. The molecule has 1 atom stereocenters. The Balaban J connectivity index is 2.82. The van der Waals surface area contributed by atoms with E-state index in [-0.39, 0.29) is 5.69 Å². The molecular weight excluding hydrogens is 319 g/mol. The molecule has 3 amide bonds. The number of primary amides is 1. The Hall–Kier alpha value is -1.90. The first-order valence-electron chi connectivity index (χ1n) is 6.27. The van der Waals surface area contributed by atoms with Crippen LogP contribution in [0.15, 0.2) is 24.3 Å². The van der Waals surface area contributed by atoms with Crippen molar-refractivity contribution in [2.45, 2.75) is 18.6 Å². The van der Waals surface area contributed by atoms with Gasteiger partial charge in [-0.1, -0.05) is 6.07 Å². The summed E-state index contributed by atoms with van der Waals surface area (Å²) in [6, 6.07) is 2.49. The first-order chi connectivity index (χ1) is 10.2. The van der Waals surface area contributed by atoms with Gasteiger partial charge in [0.2, 0.25) is 5.91 Å². The Bertz CT molecular complexity index is 538. The number of alkyl halides is 3. The van der Waals surface area contributed by atoms with Crippen molar-refractivity contribution in [1.29, 1.82) is 0 Å². The molecule has 0 aliphatic rings. The van der Waals surface area contributed by atoms with E-state index >= 15 is 0 Å². The first kappa shape index (κ1) is 18.1. The highest BCUT2D eigenvalue weighted by Gasteiger charge is 2.30. The molecule has 0 aliphatic heterocycles. The number of thioether (sulfide) groups is 1. The number of urea groups is 1. The van der Waals surface area contributed by atoms with Crippen LogP contribution in [0.5, 0.6) is 0 Å². The van der Waals surface area contributed by atoms with Gasteiger partial charge in [-0.15, -0.1) is 0 Å². The molecule has 0 fully saturated rings. The van der Waals surface area contributed by atoms with Gasteiger partial charge in [-0.25, -0.2) is 4.79 Å². The Morgan fingerprint density at radius 1 is 1.36 bits per heavy atom. The average molecular weight is 335 g/mol. The van der Waals surface area contributed by atoms with Crippen LogP contribution in [0.2, 0.25) is 0 Å². The molecule has 9 heteroatoms. The van der Waals surface area contributed by atoms with E-state index < -0.39 is 29.7 Å². The lowest BCUT2D eigenvalue weighted by Crippen LogP contribution is -2.46. The second-order valence-electron chi connectivity index (χ2n) is 4.41. The Kier molecular flexibility index (Phi) is 6.54. The van der Waals surface area contributed by atoms with Crippen LogP contribution in [-0.4, -0.2) is 30.0 Å². The number of carbonyl (C=O) groups excluding carboxylic acids is 2. The third kappa shape index (κ3) is 5.84. The molecular formula is C13H16F3N3O2S. The summed E-state index contributed by atoms with van der Waals surface area (Å²) in [5, 5.41) is 4.62. The maximum absolute atomic E-state index is 12.6. The Morgan fingerprint density at radius 2 is 2.05 bits per heavy atom. The monoisotopic (exact) mass is 335 g/mol. The number of carbonyl (C=O) groups is 2. The molecule has 1 aromatic rings. The maximum atomic E-state index is 12.6. The zero-order valence-electron chi connectivity index (χ0n) is 11.7. The molecule has 0 bridgehead atoms. The molecule has 1 aromatic carbocycles. The number of nitrogens with one attached hydrogen (secondary N) is 2. The first-order valence-corrected chi connectivity index (χ1v) is 7.66. The number of hydrogen-bond acceptors (Lipinski definition) is 3. The molecule has 0 heterocycles. The third-order valence-corrected chi connectivity index (χ3v) is 3.35. The molecule has 0 radical (unpaired) electrons. The second kappa shape index (κ2) is 7.92. The van der Waals surface area contributed by atoms with E-state index in [4.69, 9.17) is 5.73 Å². The van der Waals surface area contributed by atoms with E-state index in [1.807, 2.05) is 6.26 Å². The second-order valence-corrected chi connectivity index (χ2v) is 5.40. The van der Waals surface area contributed by atoms with E-state index in [1.165, 1.54) is 23.9 Å². The normalized spacial score (nSPS) is 12.5. The van der Waals surface area contributed by atoms with Gasteiger partial charge in [-0.3, -0.25) is 4.79 Å². The molecule has 0 saturated heterocycles. The lowest BCUT2D eigenvalue weighted by molar-refractivity contribution is -0.137. The van der Waals surface area contributed by atoms with Crippen LogP contribution >= 0.6 is 11.8 Å². The highest BCUT2D eigenvalue weighted by molar-refractivity contribution is 7.98. The largest absolute Gasteiger partial charge is 0.416 e. The van der Waals surface area contributed by atoms with E-state index in [0.29, 0.717) is 12.2 Å². The van der Waals surface area contributed by atoms with E-state index in [2.05, 4.69) is 10.6 Å². The molecule has 0 saturated carbocycles. The fourth-order valence-corrected chi connectivity index (χ4v) is 2.15. The van der Waals surface area contributed by atoms with Gasteiger partial charge in [0.15, 0.2) is 0 Å². The van der Waals surface area contributed by atoms with Gasteiger partial charge in [-0.05, 0) is 36.6 Å². The topological polar surface area (TPSA) is 84.2 Å². The van der Waals surface area contributed by atoms with Crippen molar-refractivity contribution in [1.82, 2.24) is 5.32 Å². The summed E-state index contributed by atoms with van der Waals surface area (Å²) in [4.78, 5) is 22.9. The fraction of sp³-hybridized carbons (Fsp3) is 0.385. The number of anilines is 1. The van der Waals surface area contributed by atoms with Crippen LogP contribution in [0.3, 0.4) is 0 Å². The van der Waals surface area contributed by atoms with Gasteiger partial charge in [0, 0.05) is 5.69 Å². The Labute approximate surface area is 129 Å². The molecule has 1 unspecified atom stereocenters. The fourth-order valence-electron chi connectivity index (χ4n) is 1.68. The summed E-state index contributed by atoms with van der Waals surface area (Å²) in [7, 11) is 0. The molecule has 22 heavy (non-hydrogen) atoms. The van der Waals surface area contributed by atoms with Crippen LogP contribution in [0.1, 0.15) is 12.0 Å². The number of hydrogen-bond donors (Lipinski definition) is 3. The zero-order valence-corrected chi connectivity index (χ0v) is 12.6. The SMILES string of the molecule is CSCCC(NC(N)=O)C(=O)Nc1cccc(C(F)(F)F)c1. The van der Waals surface area contributed by atoms with Crippen molar-refractivity contribution in [3.8, 4) is 0 Å². The summed E-state index contributed by atoms with van der Waals surface area (Å²) >= 11 is 1.47. The van der Waals surface area contributed by atoms with Gasteiger partial charge < -0.3 is 16.4 Å². The number of nitrogens with two attached hydrogens (primary N) is 1. The van der Waals surface area contributed by atoms with Crippen molar-refractivity contribution in [2.24, 2.45) is 5.73 Å². The van der Waals surface area contributed by atoms with Crippen molar-refractivity contribution < 1.29 is 22.8 Å². The van der Waals surface area contributed by atoms with E-state index in [9.17, 15) is 22.8 Å². The molecule has 0 spiro atoms. The number of benzene rings is 1. The van der Waals surface area contributed by atoms with Crippen LogP contribution in [-0.2, 0) is 11.0 Å². The number of rotatable bonds is 6. The molecule has 5 nitrogen and oxygen atoms in total. The van der Waals surface area contributed by atoms with Gasteiger partial charge in [-0.2, -0.15) is 24.9 Å². The lowest BCUT2D eigenvalue weighted by atomic mass is 10.1. The predicted molar refractivity (Wildman–Crippen MR) is 79.6 cm³/mol. The van der Waals surface area contributed by atoms with Crippen molar-refractivity contribution in [3.63, 3.8) is 0 Å². The van der Waals surface area contributed by atoms with Crippen LogP contribution < -0.4 is 16.4 Å². The standard InChI is InChI=1S/C13H16F3N3O2S/c1-22-6-5-10(19-12(17)21)11(20)18-9-4-2-3-8(7-9)13(14,15)16/h2-4,7,10H,5-6H2,1H3,(H,18,20)(H3,17,19,21). The summed E-state index contributed by atoms with van der Waals surface area (Å²) in [5.74, 6) is -0.0341. The van der Waals surface area contributed by atoms with Gasteiger partial charge in [0.25, 0.3) is 0 Å². The van der Waals surface area contributed by atoms with Crippen molar-refractivity contribution in [2.75, 3.05) is 17.3 Å². The zero-order chi connectivity index (χ0) is 16.8. The van der Waals surface area contributed by atoms with Gasteiger partial charge >= 0.3 is 12.2 Å². The van der Waals surface area contributed by atoms with Crippen LogP contribution in [0.25, 0.3) is 0 Å². The molecule has 0 aromatic heterocycles. The summed E-state index contributed by atoms with van der Waals surface area (Å²) < 4.78 is 37.8. The molecule has 4 N–H and O–H groups in total. The lowest BCUT2D eigenvalue weighted by Gasteiger charge is -2.17. The number of amides is 3. The molecule has 122 valence electrons. The quantitative estimate of drug-likeness (QED) is 0.746. The van der Waals surface area contributed by atoms with Crippen LogP contribution in [0, 0.1) is 0 Å². The minimum Gasteiger partial charge on any atom is -0.352 e. The average Bonchev–Trinajstić information content (AvgIpc) is 2.42.